The number of nitrogens with one attached hydrogen (secondary N) is 1. The highest BCUT2D eigenvalue weighted by Gasteiger charge is 2.23. The number of carbonyl (C=O) groups excluding carboxylic acids is 1. The quantitative estimate of drug-likeness (QED) is 0.591. The van der Waals surface area contributed by atoms with Crippen LogP contribution in [0.1, 0.15) is 15.2 Å². The highest BCUT2D eigenvalue weighted by molar-refractivity contribution is 7.92. The number of piperazine rings is 1. The van der Waals surface area contributed by atoms with E-state index in [1.165, 1.54) is 29.4 Å². The van der Waals surface area contributed by atoms with Gasteiger partial charge in [0, 0.05) is 55.6 Å². The van der Waals surface area contributed by atoms with Crippen LogP contribution in [0.2, 0.25) is 0 Å². The summed E-state index contributed by atoms with van der Waals surface area (Å²) in [5.41, 5.74) is 0.932. The maximum Gasteiger partial charge on any atom is 0.261 e. The molecule has 7 nitrogen and oxygen atoms in total. The Morgan fingerprint density at radius 3 is 2.35 bits per heavy atom. The fourth-order valence-corrected chi connectivity index (χ4v) is 5.25. The first kappa shape index (κ1) is 21.5. The summed E-state index contributed by atoms with van der Waals surface area (Å²) in [6.45, 7) is 4.04. The molecule has 162 valence electrons. The molecule has 1 saturated heterocycles. The number of hydrogen-bond donors (Lipinski definition) is 1. The van der Waals surface area contributed by atoms with E-state index in [1.54, 1.807) is 35.6 Å². The molecule has 1 aromatic carbocycles. The Morgan fingerprint density at radius 1 is 1.00 bits per heavy atom. The fraction of sp³-hybridized carbons (Fsp3) is 0.273. The second kappa shape index (κ2) is 9.59. The molecule has 9 heteroatoms. The predicted octanol–water partition coefficient (Wildman–Crippen LogP) is 2.94. The first-order chi connectivity index (χ1) is 15.0. The van der Waals surface area contributed by atoms with Crippen molar-refractivity contribution in [1.29, 1.82) is 0 Å². The van der Waals surface area contributed by atoms with Crippen LogP contribution in [-0.4, -0.2) is 61.8 Å². The number of amides is 1. The van der Waals surface area contributed by atoms with E-state index in [-0.39, 0.29) is 10.8 Å². The number of pyridine rings is 1. The Kier molecular flexibility index (Phi) is 6.64. The van der Waals surface area contributed by atoms with Gasteiger partial charge in [-0.3, -0.25) is 19.4 Å². The normalized spacial score (nSPS) is 15.0. The fourth-order valence-electron chi connectivity index (χ4n) is 3.49. The average Bonchev–Trinajstić information content (AvgIpc) is 3.32. The van der Waals surface area contributed by atoms with Crippen LogP contribution in [0.25, 0.3) is 0 Å². The molecule has 0 radical (unpaired) electrons. The van der Waals surface area contributed by atoms with Crippen LogP contribution >= 0.6 is 11.3 Å². The summed E-state index contributed by atoms with van der Waals surface area (Å²) >= 11 is 1.78. The first-order valence-electron chi connectivity index (χ1n) is 10.1. The summed E-state index contributed by atoms with van der Waals surface area (Å²) in [5, 5.41) is 2.09. The van der Waals surface area contributed by atoms with Gasteiger partial charge in [-0.2, -0.15) is 0 Å². The molecule has 2 aromatic heterocycles. The molecule has 4 rings (SSSR count). The summed E-state index contributed by atoms with van der Waals surface area (Å²) in [5.74, 6) is -0.0658. The molecule has 1 amide bonds. The minimum absolute atomic E-state index is 0.0658. The van der Waals surface area contributed by atoms with Gasteiger partial charge in [0.2, 0.25) is 0 Å². The summed E-state index contributed by atoms with van der Waals surface area (Å²) in [7, 11) is -3.72. The molecular formula is C22H24N4O3S2. The van der Waals surface area contributed by atoms with Crippen molar-refractivity contribution in [3.63, 3.8) is 0 Å². The molecule has 1 fully saturated rings. The molecule has 0 atom stereocenters. The van der Waals surface area contributed by atoms with Crippen molar-refractivity contribution in [1.82, 2.24) is 14.8 Å². The largest absolute Gasteiger partial charge is 0.336 e. The highest BCUT2D eigenvalue weighted by atomic mass is 32.2. The average molecular weight is 457 g/mol. The summed E-state index contributed by atoms with van der Waals surface area (Å²) in [6.07, 6.45) is 4.07. The number of benzene rings is 1. The lowest BCUT2D eigenvalue weighted by Crippen LogP contribution is -2.49. The standard InChI is InChI=1S/C22H24N4O3S2/c27-22(26-15-13-25(14-16-26)12-9-20-2-1-17-30-20)18-3-5-21(6-4-18)31(28,29)24-19-7-10-23-11-8-19/h1-8,10-11,17H,9,12-16H2,(H,23,24). The minimum Gasteiger partial charge on any atom is -0.336 e. The van der Waals surface area contributed by atoms with Crippen molar-refractivity contribution in [3.8, 4) is 0 Å². The Labute approximate surface area is 186 Å². The molecule has 0 aliphatic carbocycles. The van der Waals surface area contributed by atoms with Gasteiger partial charge in [0.25, 0.3) is 15.9 Å². The molecular weight excluding hydrogens is 432 g/mol. The molecule has 0 bridgehead atoms. The Morgan fingerprint density at radius 2 is 1.71 bits per heavy atom. The minimum atomic E-state index is -3.72. The van der Waals surface area contributed by atoms with E-state index in [4.69, 9.17) is 0 Å². The number of aromatic nitrogens is 1. The molecule has 3 heterocycles. The summed E-state index contributed by atoms with van der Waals surface area (Å²) in [6, 6.07) is 13.5. The highest BCUT2D eigenvalue weighted by Crippen LogP contribution is 2.17. The number of rotatable bonds is 7. The van der Waals surface area contributed by atoms with E-state index in [9.17, 15) is 13.2 Å². The number of hydrogen-bond acceptors (Lipinski definition) is 6. The van der Waals surface area contributed by atoms with Gasteiger partial charge in [-0.05, 0) is 54.3 Å². The molecule has 0 saturated carbocycles. The predicted molar refractivity (Wildman–Crippen MR) is 122 cm³/mol. The van der Waals surface area contributed by atoms with E-state index < -0.39 is 10.0 Å². The molecule has 1 N–H and O–H groups in total. The van der Waals surface area contributed by atoms with E-state index in [1.807, 2.05) is 4.90 Å². The van der Waals surface area contributed by atoms with E-state index in [0.29, 0.717) is 24.3 Å². The van der Waals surface area contributed by atoms with Crippen molar-refractivity contribution in [3.05, 3.63) is 76.7 Å². The van der Waals surface area contributed by atoms with Gasteiger partial charge >= 0.3 is 0 Å². The van der Waals surface area contributed by atoms with Crippen molar-refractivity contribution < 1.29 is 13.2 Å². The third-order valence-electron chi connectivity index (χ3n) is 5.26. The molecule has 31 heavy (non-hydrogen) atoms. The number of nitrogens with zero attached hydrogens (tertiary/aromatic N) is 3. The number of carbonyl (C=O) groups is 1. The zero-order valence-corrected chi connectivity index (χ0v) is 18.6. The van der Waals surface area contributed by atoms with Gasteiger partial charge in [0.05, 0.1) is 10.6 Å². The zero-order chi connectivity index (χ0) is 21.7. The van der Waals surface area contributed by atoms with Crippen LogP contribution < -0.4 is 4.72 Å². The van der Waals surface area contributed by atoms with Crippen molar-refractivity contribution in [2.45, 2.75) is 11.3 Å². The monoisotopic (exact) mass is 456 g/mol. The van der Waals surface area contributed by atoms with E-state index >= 15 is 0 Å². The van der Waals surface area contributed by atoms with Crippen molar-refractivity contribution in [2.24, 2.45) is 0 Å². The number of sulfonamides is 1. The van der Waals surface area contributed by atoms with Gasteiger partial charge in [0.15, 0.2) is 0 Å². The molecule has 0 unspecified atom stereocenters. The first-order valence-corrected chi connectivity index (χ1v) is 12.4. The molecule has 0 spiro atoms. The second-order valence-electron chi connectivity index (χ2n) is 7.33. The maximum absolute atomic E-state index is 12.8. The number of thiophene rings is 1. The van der Waals surface area contributed by atoms with Crippen LogP contribution in [0.4, 0.5) is 5.69 Å². The second-order valence-corrected chi connectivity index (χ2v) is 10.0. The Hall–Kier alpha value is -2.75. The topological polar surface area (TPSA) is 82.6 Å². The van der Waals surface area contributed by atoms with Crippen LogP contribution in [0.15, 0.2) is 71.2 Å². The maximum atomic E-state index is 12.8. The van der Waals surface area contributed by atoms with Gasteiger partial charge in [-0.15, -0.1) is 11.3 Å². The van der Waals surface area contributed by atoms with E-state index in [0.717, 1.165) is 26.1 Å². The summed E-state index contributed by atoms with van der Waals surface area (Å²) < 4.78 is 27.6. The third-order valence-corrected chi connectivity index (χ3v) is 7.59. The lowest BCUT2D eigenvalue weighted by Gasteiger charge is -2.34. The van der Waals surface area contributed by atoms with E-state index in [2.05, 4.69) is 32.1 Å². The van der Waals surface area contributed by atoms with Crippen LogP contribution in [0.5, 0.6) is 0 Å². The third kappa shape index (κ3) is 5.49. The van der Waals surface area contributed by atoms with Crippen LogP contribution in [0, 0.1) is 0 Å². The van der Waals surface area contributed by atoms with Gasteiger partial charge in [0.1, 0.15) is 0 Å². The zero-order valence-electron chi connectivity index (χ0n) is 17.0. The molecule has 1 aliphatic heterocycles. The van der Waals surface area contributed by atoms with Gasteiger partial charge in [-0.1, -0.05) is 6.07 Å². The molecule has 1 aliphatic rings. The van der Waals surface area contributed by atoms with Crippen molar-refractivity contribution >= 4 is 33.0 Å². The van der Waals surface area contributed by atoms with Crippen LogP contribution in [-0.2, 0) is 16.4 Å². The van der Waals surface area contributed by atoms with Gasteiger partial charge in [-0.25, -0.2) is 8.42 Å². The van der Waals surface area contributed by atoms with Crippen molar-refractivity contribution in [2.75, 3.05) is 37.4 Å². The Bertz CT molecular complexity index is 1090. The summed E-state index contributed by atoms with van der Waals surface area (Å²) in [4.78, 5) is 22.4. The van der Waals surface area contributed by atoms with Crippen LogP contribution in [0.3, 0.4) is 0 Å². The SMILES string of the molecule is O=C(c1ccc(S(=O)(=O)Nc2ccncc2)cc1)N1CCN(CCc2cccs2)CC1. The lowest BCUT2D eigenvalue weighted by molar-refractivity contribution is 0.0638. The lowest BCUT2D eigenvalue weighted by atomic mass is 10.2. The van der Waals surface area contributed by atoms with Gasteiger partial charge < -0.3 is 4.90 Å². The smallest absolute Gasteiger partial charge is 0.261 e. The number of anilines is 1. The molecule has 3 aromatic rings. The Balaban J connectivity index is 1.32.